The number of methoxy groups -OCH3 is 2. The molecule has 2 aromatic rings. The average molecular weight is 494 g/mol. The predicted molar refractivity (Wildman–Crippen MR) is 135 cm³/mol. The molecule has 36 heavy (non-hydrogen) atoms. The molecule has 1 unspecified atom stereocenters. The Kier molecular flexibility index (Phi) is 7.42. The first-order chi connectivity index (χ1) is 17.3. The highest BCUT2D eigenvalue weighted by atomic mass is 16.5. The van der Waals surface area contributed by atoms with E-state index in [1.165, 1.54) is 25.8 Å². The average Bonchev–Trinajstić information content (AvgIpc) is 3.47. The zero-order valence-electron chi connectivity index (χ0n) is 20.4. The molecule has 10 heteroatoms. The molecule has 0 aromatic heterocycles. The van der Waals surface area contributed by atoms with Crippen molar-refractivity contribution in [2.75, 3.05) is 32.6 Å². The first-order valence-corrected chi connectivity index (χ1v) is 11.9. The second-order valence-corrected chi connectivity index (χ2v) is 8.96. The molecule has 0 bridgehead atoms. The van der Waals surface area contributed by atoms with E-state index < -0.39 is 17.7 Å². The molecule has 2 fully saturated rings. The number of rotatable bonds is 10. The molecule has 0 radical (unpaired) electrons. The van der Waals surface area contributed by atoms with Gasteiger partial charge in [-0.15, -0.1) is 0 Å². The van der Waals surface area contributed by atoms with Crippen molar-refractivity contribution in [2.45, 2.75) is 37.3 Å². The summed E-state index contributed by atoms with van der Waals surface area (Å²) in [5.41, 5.74) is 6.60. The molecule has 1 aliphatic heterocycles. The lowest BCUT2D eigenvalue weighted by Crippen LogP contribution is -2.48. The number of nitrogens with one attached hydrogen (secondary N) is 3. The quantitative estimate of drug-likeness (QED) is 0.370. The summed E-state index contributed by atoms with van der Waals surface area (Å²) < 4.78 is 10.6. The fourth-order valence-corrected chi connectivity index (χ4v) is 4.68. The van der Waals surface area contributed by atoms with Crippen LogP contribution in [-0.4, -0.2) is 67.7 Å². The Balaban J connectivity index is 1.41. The van der Waals surface area contributed by atoms with E-state index in [0.717, 1.165) is 12.8 Å². The fourth-order valence-electron chi connectivity index (χ4n) is 4.68. The van der Waals surface area contributed by atoms with Gasteiger partial charge in [-0.3, -0.25) is 19.8 Å². The highest BCUT2D eigenvalue weighted by Gasteiger charge is 2.42. The van der Waals surface area contributed by atoms with Crippen molar-refractivity contribution >= 4 is 29.1 Å². The van der Waals surface area contributed by atoms with Gasteiger partial charge in [0.05, 0.1) is 20.8 Å². The molecule has 0 spiro atoms. The van der Waals surface area contributed by atoms with E-state index in [1.54, 1.807) is 11.0 Å². The van der Waals surface area contributed by atoms with Crippen LogP contribution < -0.4 is 25.8 Å². The zero-order valence-corrected chi connectivity index (χ0v) is 20.4. The molecule has 1 saturated heterocycles. The van der Waals surface area contributed by atoms with Crippen LogP contribution in [0.4, 0.5) is 5.69 Å². The van der Waals surface area contributed by atoms with Crippen molar-refractivity contribution < 1.29 is 23.9 Å². The summed E-state index contributed by atoms with van der Waals surface area (Å²) in [6, 6.07) is 12.7. The molecule has 3 amide bonds. The molecular weight excluding hydrogens is 462 g/mol. The monoisotopic (exact) mass is 493 g/mol. The summed E-state index contributed by atoms with van der Waals surface area (Å²) in [6.45, 7) is 0.357. The summed E-state index contributed by atoms with van der Waals surface area (Å²) >= 11 is 0. The van der Waals surface area contributed by atoms with Crippen LogP contribution in [0.15, 0.2) is 42.5 Å². The second-order valence-electron chi connectivity index (χ2n) is 8.96. The number of nitrogens with two attached hydrogens (primary N) is 1. The molecule has 1 aliphatic carbocycles. The van der Waals surface area contributed by atoms with Gasteiger partial charge in [-0.1, -0.05) is 30.3 Å². The van der Waals surface area contributed by atoms with E-state index in [9.17, 15) is 14.4 Å². The van der Waals surface area contributed by atoms with Crippen LogP contribution in [0.2, 0.25) is 0 Å². The Morgan fingerprint density at radius 2 is 1.81 bits per heavy atom. The summed E-state index contributed by atoms with van der Waals surface area (Å²) in [7, 11) is 2.90. The number of primary amides is 1. The highest BCUT2D eigenvalue weighted by molar-refractivity contribution is 6.44. The molecule has 190 valence electrons. The topological polar surface area (TPSA) is 147 Å². The van der Waals surface area contributed by atoms with Gasteiger partial charge in [0.25, 0.3) is 5.91 Å². The molecule has 2 aromatic carbocycles. The lowest BCUT2D eigenvalue weighted by molar-refractivity contribution is -0.137. The Hall–Kier alpha value is -4.08. The van der Waals surface area contributed by atoms with E-state index in [-0.39, 0.29) is 30.0 Å². The number of likely N-dealkylation sites (tertiary alicyclic amines) is 1. The Morgan fingerprint density at radius 3 is 2.47 bits per heavy atom. The summed E-state index contributed by atoms with van der Waals surface area (Å²) in [5.74, 6) is -0.306. The van der Waals surface area contributed by atoms with Gasteiger partial charge in [0.1, 0.15) is 11.8 Å². The molecule has 3 atom stereocenters. The maximum atomic E-state index is 13.1. The Bertz CT molecular complexity index is 1170. The third-order valence-corrected chi connectivity index (χ3v) is 6.69. The van der Waals surface area contributed by atoms with Crippen molar-refractivity contribution in [2.24, 2.45) is 5.73 Å². The molecule has 4 rings (SSSR count). The molecule has 10 nitrogen and oxygen atoms in total. The Morgan fingerprint density at radius 1 is 1.11 bits per heavy atom. The van der Waals surface area contributed by atoms with Crippen LogP contribution in [0, 0.1) is 5.41 Å². The third-order valence-electron chi connectivity index (χ3n) is 6.69. The standard InChI is InChI=1S/C26H31N5O5/c1-35-21-12-17(24(27)25(28)33)18(13-22(21)36-2)29-14-23(32)31-10-6-9-20(31)26(34)30-19-11-16(19)15-7-4-3-5-8-15/h3-5,7-8,12-13,16,19-20,27,29H,6,9-11,14H2,1-2H3,(H2,28,33)(H,30,34)/t16-,19?,20-/m0/s1. The Labute approximate surface area is 209 Å². The normalized spacial score (nSPS) is 20.4. The first-order valence-electron chi connectivity index (χ1n) is 11.9. The number of anilines is 1. The van der Waals surface area contributed by atoms with Crippen molar-refractivity contribution in [1.82, 2.24) is 10.2 Å². The summed E-state index contributed by atoms with van der Waals surface area (Å²) in [6.07, 6.45) is 2.24. The largest absolute Gasteiger partial charge is 0.493 e. The van der Waals surface area contributed by atoms with Crippen LogP contribution in [0.1, 0.15) is 36.3 Å². The van der Waals surface area contributed by atoms with Crippen LogP contribution >= 0.6 is 0 Å². The number of amides is 3. The van der Waals surface area contributed by atoms with Crippen molar-refractivity contribution in [3.8, 4) is 11.5 Å². The SMILES string of the molecule is COc1cc(NCC(=O)N2CCC[C@H]2C(=O)NC2C[C@H]2c2ccccc2)c(C(=N)C(N)=O)cc1OC. The van der Waals surface area contributed by atoms with Crippen molar-refractivity contribution in [1.29, 1.82) is 5.41 Å². The van der Waals surface area contributed by atoms with E-state index in [4.69, 9.17) is 20.6 Å². The molecule has 2 aliphatic rings. The van der Waals surface area contributed by atoms with E-state index in [0.29, 0.717) is 36.1 Å². The number of carbonyl (C=O) groups is 3. The number of benzene rings is 2. The lowest BCUT2D eigenvalue weighted by Gasteiger charge is -2.25. The van der Waals surface area contributed by atoms with Gasteiger partial charge in [-0.2, -0.15) is 0 Å². The minimum Gasteiger partial charge on any atom is -0.493 e. The first kappa shape index (κ1) is 25.0. The third kappa shape index (κ3) is 5.27. The van der Waals surface area contributed by atoms with Crippen LogP contribution in [0.5, 0.6) is 11.5 Å². The van der Waals surface area contributed by atoms with Crippen molar-refractivity contribution in [3.05, 3.63) is 53.6 Å². The second kappa shape index (κ2) is 10.7. The van der Waals surface area contributed by atoms with Crippen LogP contribution in [0.3, 0.4) is 0 Å². The van der Waals surface area contributed by atoms with Gasteiger partial charge < -0.3 is 30.7 Å². The maximum Gasteiger partial charge on any atom is 0.267 e. The lowest BCUT2D eigenvalue weighted by atomic mass is 10.1. The van der Waals surface area contributed by atoms with Gasteiger partial charge in [-0.05, 0) is 30.9 Å². The van der Waals surface area contributed by atoms with Gasteiger partial charge in [0.15, 0.2) is 11.5 Å². The van der Waals surface area contributed by atoms with Gasteiger partial charge >= 0.3 is 0 Å². The molecular formula is C26H31N5O5. The van der Waals surface area contributed by atoms with Crippen molar-refractivity contribution in [3.63, 3.8) is 0 Å². The number of hydrogen-bond acceptors (Lipinski definition) is 7. The van der Waals surface area contributed by atoms with Crippen LogP contribution in [0.25, 0.3) is 0 Å². The molecule has 1 heterocycles. The predicted octanol–water partition coefficient (Wildman–Crippen LogP) is 1.63. The van der Waals surface area contributed by atoms with Gasteiger partial charge in [0.2, 0.25) is 11.8 Å². The highest BCUT2D eigenvalue weighted by Crippen LogP contribution is 2.41. The van der Waals surface area contributed by atoms with E-state index >= 15 is 0 Å². The number of hydrogen-bond donors (Lipinski definition) is 4. The summed E-state index contributed by atoms with van der Waals surface area (Å²) in [5, 5.41) is 14.1. The van der Waals surface area contributed by atoms with Gasteiger partial charge in [0, 0.05) is 35.8 Å². The summed E-state index contributed by atoms with van der Waals surface area (Å²) in [4.78, 5) is 39.3. The molecule has 1 saturated carbocycles. The van der Waals surface area contributed by atoms with Crippen LogP contribution in [-0.2, 0) is 14.4 Å². The van der Waals surface area contributed by atoms with E-state index in [1.807, 2.05) is 18.2 Å². The fraction of sp³-hybridized carbons (Fsp3) is 0.385. The molecule has 5 N–H and O–H groups in total. The minimum atomic E-state index is -0.915. The number of carbonyl (C=O) groups excluding carboxylic acids is 3. The van der Waals surface area contributed by atoms with Gasteiger partial charge in [-0.25, -0.2) is 0 Å². The minimum absolute atomic E-state index is 0.0877. The number of nitrogens with zero attached hydrogens (tertiary/aromatic N) is 1. The maximum absolute atomic E-state index is 13.1. The smallest absolute Gasteiger partial charge is 0.267 e. The van der Waals surface area contributed by atoms with E-state index in [2.05, 4.69) is 22.8 Å². The zero-order chi connectivity index (χ0) is 25.8. The number of ether oxygens (including phenoxy) is 2.